The summed E-state index contributed by atoms with van der Waals surface area (Å²) < 4.78 is 1.39. The minimum absolute atomic E-state index is 0.133. The molecule has 0 saturated heterocycles. The fourth-order valence-electron chi connectivity index (χ4n) is 1.08. The standard InChI is InChI=1S/C8H13N5O3/c1-5(3-6(14)15)11-8(16)12-7-9-4-10-13(7)2/h4-5H,3H2,1-2H3,(H,14,15)(H2,9,10,11,12,16). The molecular weight excluding hydrogens is 214 g/mol. The highest BCUT2D eigenvalue weighted by Crippen LogP contribution is 1.98. The van der Waals surface area contributed by atoms with E-state index in [-0.39, 0.29) is 6.42 Å². The summed E-state index contributed by atoms with van der Waals surface area (Å²) in [6, 6.07) is -0.962. The predicted octanol–water partition coefficient (Wildman–Crippen LogP) is -0.200. The van der Waals surface area contributed by atoms with Gasteiger partial charge in [-0.3, -0.25) is 10.1 Å². The second-order valence-electron chi connectivity index (χ2n) is 3.30. The van der Waals surface area contributed by atoms with Crippen molar-refractivity contribution in [3.05, 3.63) is 6.33 Å². The van der Waals surface area contributed by atoms with Gasteiger partial charge in [-0.1, -0.05) is 0 Å². The van der Waals surface area contributed by atoms with E-state index < -0.39 is 18.0 Å². The topological polar surface area (TPSA) is 109 Å². The van der Waals surface area contributed by atoms with E-state index in [2.05, 4.69) is 20.7 Å². The monoisotopic (exact) mass is 227 g/mol. The molecule has 0 aliphatic carbocycles. The van der Waals surface area contributed by atoms with Gasteiger partial charge in [-0.2, -0.15) is 10.1 Å². The van der Waals surface area contributed by atoms with Crippen LogP contribution in [0.25, 0.3) is 0 Å². The van der Waals surface area contributed by atoms with E-state index in [1.807, 2.05) is 0 Å². The van der Waals surface area contributed by atoms with Gasteiger partial charge in [0.15, 0.2) is 0 Å². The maximum absolute atomic E-state index is 11.4. The highest BCUT2D eigenvalue weighted by atomic mass is 16.4. The van der Waals surface area contributed by atoms with Crippen LogP contribution < -0.4 is 10.6 Å². The quantitative estimate of drug-likeness (QED) is 0.660. The molecular formula is C8H13N5O3. The van der Waals surface area contributed by atoms with Gasteiger partial charge in [0.1, 0.15) is 6.33 Å². The lowest BCUT2D eigenvalue weighted by Crippen LogP contribution is -2.37. The third-order valence-corrected chi connectivity index (χ3v) is 1.80. The Kier molecular flexibility index (Phi) is 3.81. The average molecular weight is 227 g/mol. The third-order valence-electron chi connectivity index (χ3n) is 1.80. The molecule has 1 unspecified atom stereocenters. The summed E-state index contributed by atoms with van der Waals surface area (Å²) >= 11 is 0. The van der Waals surface area contributed by atoms with Crippen molar-refractivity contribution in [3.8, 4) is 0 Å². The maximum atomic E-state index is 11.4. The number of carboxylic acids is 1. The molecule has 88 valence electrons. The zero-order chi connectivity index (χ0) is 12.1. The Morgan fingerprint density at radius 2 is 2.31 bits per heavy atom. The lowest BCUT2D eigenvalue weighted by Gasteiger charge is -2.11. The smallest absolute Gasteiger partial charge is 0.321 e. The number of nitrogens with zero attached hydrogens (tertiary/aromatic N) is 3. The average Bonchev–Trinajstić information content (AvgIpc) is 2.49. The molecule has 8 nitrogen and oxygen atoms in total. The Labute approximate surface area is 91.7 Å². The zero-order valence-electron chi connectivity index (χ0n) is 8.97. The molecule has 0 fully saturated rings. The summed E-state index contributed by atoms with van der Waals surface area (Å²) in [6.07, 6.45) is 1.17. The summed E-state index contributed by atoms with van der Waals surface area (Å²) in [5.74, 6) is -0.675. The summed E-state index contributed by atoms with van der Waals surface area (Å²) in [6.45, 7) is 1.60. The van der Waals surface area contributed by atoms with Crippen LogP contribution in [0, 0.1) is 0 Å². The van der Waals surface area contributed by atoms with Gasteiger partial charge in [0.2, 0.25) is 5.95 Å². The summed E-state index contributed by atoms with van der Waals surface area (Å²) in [5, 5.41) is 17.2. The minimum atomic E-state index is -0.966. The number of aliphatic carboxylic acids is 1. The van der Waals surface area contributed by atoms with Crippen molar-refractivity contribution < 1.29 is 14.7 Å². The highest BCUT2D eigenvalue weighted by molar-refractivity contribution is 5.87. The molecule has 0 spiro atoms. The van der Waals surface area contributed by atoms with Crippen molar-refractivity contribution in [2.75, 3.05) is 5.32 Å². The number of amides is 2. The SMILES string of the molecule is CC(CC(=O)O)NC(=O)Nc1ncnn1C. The van der Waals surface area contributed by atoms with Crippen LogP contribution in [-0.4, -0.2) is 37.9 Å². The van der Waals surface area contributed by atoms with Gasteiger partial charge in [-0.15, -0.1) is 0 Å². The van der Waals surface area contributed by atoms with Crippen LogP contribution in [0.1, 0.15) is 13.3 Å². The number of rotatable bonds is 4. The normalized spacial score (nSPS) is 11.9. The van der Waals surface area contributed by atoms with Gasteiger partial charge in [0, 0.05) is 13.1 Å². The number of anilines is 1. The fourth-order valence-corrected chi connectivity index (χ4v) is 1.08. The van der Waals surface area contributed by atoms with Gasteiger partial charge >= 0.3 is 12.0 Å². The van der Waals surface area contributed by atoms with E-state index in [9.17, 15) is 9.59 Å². The Bertz CT molecular complexity index is 389. The van der Waals surface area contributed by atoms with Gasteiger partial charge in [0.05, 0.1) is 6.42 Å². The first-order valence-corrected chi connectivity index (χ1v) is 4.62. The Morgan fingerprint density at radius 3 is 2.81 bits per heavy atom. The molecule has 1 heterocycles. The van der Waals surface area contributed by atoms with Crippen LogP contribution in [0.15, 0.2) is 6.33 Å². The second-order valence-corrected chi connectivity index (χ2v) is 3.30. The lowest BCUT2D eigenvalue weighted by molar-refractivity contribution is -0.137. The summed E-state index contributed by atoms with van der Waals surface area (Å²) in [4.78, 5) is 25.5. The lowest BCUT2D eigenvalue weighted by atomic mass is 10.2. The third kappa shape index (κ3) is 3.56. The summed E-state index contributed by atoms with van der Waals surface area (Å²) in [7, 11) is 1.63. The van der Waals surface area contributed by atoms with Crippen LogP contribution in [0.5, 0.6) is 0 Å². The molecule has 0 saturated carbocycles. The summed E-state index contributed by atoms with van der Waals surface area (Å²) in [5.41, 5.74) is 0. The first-order chi connectivity index (χ1) is 7.49. The van der Waals surface area contributed by atoms with Crippen molar-refractivity contribution in [1.29, 1.82) is 0 Å². The molecule has 1 aromatic heterocycles. The first-order valence-electron chi connectivity index (χ1n) is 4.62. The molecule has 16 heavy (non-hydrogen) atoms. The molecule has 0 radical (unpaired) electrons. The number of nitrogens with one attached hydrogen (secondary N) is 2. The minimum Gasteiger partial charge on any atom is -0.481 e. The molecule has 2 amide bonds. The van der Waals surface area contributed by atoms with Gasteiger partial charge in [-0.25, -0.2) is 9.48 Å². The van der Waals surface area contributed by atoms with Crippen molar-refractivity contribution >= 4 is 17.9 Å². The van der Waals surface area contributed by atoms with E-state index in [1.54, 1.807) is 14.0 Å². The molecule has 1 atom stereocenters. The largest absolute Gasteiger partial charge is 0.481 e. The number of carbonyl (C=O) groups excluding carboxylic acids is 1. The van der Waals surface area contributed by atoms with E-state index in [1.165, 1.54) is 11.0 Å². The van der Waals surface area contributed by atoms with Gasteiger partial charge in [0.25, 0.3) is 0 Å². The van der Waals surface area contributed by atoms with Crippen LogP contribution in [0.2, 0.25) is 0 Å². The fraction of sp³-hybridized carbons (Fsp3) is 0.500. The number of urea groups is 1. The zero-order valence-corrected chi connectivity index (χ0v) is 8.97. The van der Waals surface area contributed by atoms with Gasteiger partial charge < -0.3 is 10.4 Å². The Hall–Kier alpha value is -2.12. The first kappa shape index (κ1) is 12.0. The van der Waals surface area contributed by atoms with Crippen LogP contribution in [0.3, 0.4) is 0 Å². The highest BCUT2D eigenvalue weighted by Gasteiger charge is 2.12. The van der Waals surface area contributed by atoms with Crippen molar-refractivity contribution in [2.45, 2.75) is 19.4 Å². The molecule has 3 N–H and O–H groups in total. The van der Waals surface area contributed by atoms with E-state index in [0.29, 0.717) is 5.95 Å². The maximum Gasteiger partial charge on any atom is 0.321 e. The van der Waals surface area contributed by atoms with Crippen molar-refractivity contribution in [2.24, 2.45) is 7.05 Å². The van der Waals surface area contributed by atoms with E-state index >= 15 is 0 Å². The Morgan fingerprint density at radius 1 is 1.62 bits per heavy atom. The molecule has 0 aliphatic rings. The Balaban J connectivity index is 2.42. The van der Waals surface area contributed by atoms with Crippen LogP contribution >= 0.6 is 0 Å². The van der Waals surface area contributed by atoms with Crippen molar-refractivity contribution in [3.63, 3.8) is 0 Å². The number of carbonyl (C=O) groups is 2. The number of carboxylic acid groups (broad SMARTS) is 1. The number of hydrogen-bond donors (Lipinski definition) is 3. The molecule has 1 rings (SSSR count). The van der Waals surface area contributed by atoms with Gasteiger partial charge in [-0.05, 0) is 6.92 Å². The number of aromatic nitrogens is 3. The number of hydrogen-bond acceptors (Lipinski definition) is 4. The molecule has 0 bridgehead atoms. The predicted molar refractivity (Wildman–Crippen MR) is 54.9 cm³/mol. The van der Waals surface area contributed by atoms with Crippen LogP contribution in [0.4, 0.5) is 10.7 Å². The number of aryl methyl sites for hydroxylation is 1. The van der Waals surface area contributed by atoms with Crippen molar-refractivity contribution in [1.82, 2.24) is 20.1 Å². The molecule has 0 aliphatic heterocycles. The van der Waals surface area contributed by atoms with Crippen LogP contribution in [-0.2, 0) is 11.8 Å². The second kappa shape index (κ2) is 5.10. The van der Waals surface area contributed by atoms with E-state index in [0.717, 1.165) is 0 Å². The van der Waals surface area contributed by atoms with E-state index in [4.69, 9.17) is 5.11 Å². The molecule has 1 aromatic rings. The molecule has 8 heteroatoms. The molecule has 0 aromatic carbocycles.